The maximum Gasteiger partial charge on any atom is 0.244 e. The number of carbonyl (C=O) groups is 1. The second-order valence-corrected chi connectivity index (χ2v) is 2.29. The fourth-order valence-corrected chi connectivity index (χ4v) is 0.868. The summed E-state index contributed by atoms with van der Waals surface area (Å²) >= 11 is 0. The number of imidazole rings is 1. The molecule has 11 heavy (non-hydrogen) atoms. The predicted molar refractivity (Wildman–Crippen MR) is 35.3 cm³/mol. The maximum absolute atomic E-state index is 10.1. The van der Waals surface area contributed by atoms with Gasteiger partial charge in [-0.2, -0.15) is 0 Å². The van der Waals surface area contributed by atoms with Crippen molar-refractivity contribution in [2.45, 2.75) is 20.0 Å². The number of aryl methyl sites for hydroxylation is 1. The summed E-state index contributed by atoms with van der Waals surface area (Å²) in [5, 5.41) is 10.1. The van der Waals surface area contributed by atoms with Gasteiger partial charge in [0, 0.05) is 0 Å². The zero-order valence-corrected chi connectivity index (χ0v) is 6.36. The lowest BCUT2D eigenvalue weighted by atomic mass is 10.6. The molecule has 4 heteroatoms. The highest BCUT2D eigenvalue weighted by Crippen LogP contribution is 1.82. The van der Waals surface area contributed by atoms with Crippen molar-refractivity contribution in [2.75, 3.05) is 0 Å². The number of hydrogen-bond acceptors (Lipinski definition) is 2. The van der Waals surface area contributed by atoms with Crippen molar-refractivity contribution >= 4 is 5.97 Å². The van der Waals surface area contributed by atoms with Gasteiger partial charge in [0.15, 0.2) is 0 Å². The van der Waals surface area contributed by atoms with Crippen LogP contribution in [-0.4, -0.2) is 10.5 Å². The molecule has 0 amide bonds. The van der Waals surface area contributed by atoms with Crippen LogP contribution in [0.1, 0.15) is 6.92 Å². The van der Waals surface area contributed by atoms with Gasteiger partial charge in [0.05, 0.1) is 12.5 Å². The van der Waals surface area contributed by atoms with Crippen molar-refractivity contribution in [3.05, 3.63) is 18.7 Å². The Labute approximate surface area is 64.7 Å². The summed E-state index contributed by atoms with van der Waals surface area (Å²) in [5.41, 5.74) is 0. The highest BCUT2D eigenvalue weighted by molar-refractivity contribution is 5.63. The van der Waals surface area contributed by atoms with E-state index in [1.807, 2.05) is 17.7 Å². The number of hydrogen-bond donors (Lipinski definition) is 0. The number of nitrogens with zero attached hydrogens (tertiary/aromatic N) is 2. The first-order chi connectivity index (χ1) is 5.22. The molecular formula is C7H10N2O2. The fourth-order valence-electron chi connectivity index (χ4n) is 0.868. The lowest BCUT2D eigenvalue weighted by molar-refractivity contribution is -0.693. The van der Waals surface area contributed by atoms with Crippen LogP contribution in [0.2, 0.25) is 0 Å². The molecule has 1 heterocycles. The Bertz CT molecular complexity index is 255. The Morgan fingerprint density at radius 2 is 2.45 bits per heavy atom. The van der Waals surface area contributed by atoms with Gasteiger partial charge in [0.25, 0.3) is 0 Å². The number of carboxylic acid groups (broad SMARTS) is 1. The van der Waals surface area contributed by atoms with E-state index in [0.717, 1.165) is 6.54 Å². The molecule has 4 nitrogen and oxygen atoms in total. The smallest absolute Gasteiger partial charge is 0.244 e. The van der Waals surface area contributed by atoms with E-state index < -0.39 is 5.97 Å². The van der Waals surface area contributed by atoms with Gasteiger partial charge < -0.3 is 9.90 Å². The minimum Gasteiger partial charge on any atom is -0.546 e. The Morgan fingerprint density at radius 1 is 1.73 bits per heavy atom. The van der Waals surface area contributed by atoms with E-state index >= 15 is 0 Å². The van der Waals surface area contributed by atoms with Crippen molar-refractivity contribution in [2.24, 2.45) is 0 Å². The van der Waals surface area contributed by atoms with Crippen LogP contribution in [0.3, 0.4) is 0 Å². The van der Waals surface area contributed by atoms with E-state index in [1.165, 1.54) is 0 Å². The average molecular weight is 154 g/mol. The Kier molecular flexibility index (Phi) is 2.25. The van der Waals surface area contributed by atoms with Crippen molar-refractivity contribution in [3.63, 3.8) is 0 Å². The molecule has 1 aromatic rings. The van der Waals surface area contributed by atoms with E-state index in [1.54, 1.807) is 17.1 Å². The third-order valence-electron chi connectivity index (χ3n) is 1.42. The molecule has 1 aromatic heterocycles. The summed E-state index contributed by atoms with van der Waals surface area (Å²) in [5.74, 6) is -1.07. The second kappa shape index (κ2) is 3.18. The highest BCUT2D eigenvalue weighted by Gasteiger charge is 2.00. The van der Waals surface area contributed by atoms with Crippen molar-refractivity contribution in [1.29, 1.82) is 0 Å². The normalized spacial score (nSPS) is 9.91. The van der Waals surface area contributed by atoms with Crippen LogP contribution in [0.5, 0.6) is 0 Å². The van der Waals surface area contributed by atoms with Gasteiger partial charge in [-0.1, -0.05) is 0 Å². The molecule has 0 radical (unpaired) electrons. The molecule has 0 aliphatic heterocycles. The Hall–Kier alpha value is -1.32. The molecule has 0 aromatic carbocycles. The summed E-state index contributed by atoms with van der Waals surface area (Å²) in [6, 6.07) is 0. The van der Waals surface area contributed by atoms with Crippen LogP contribution in [0.25, 0.3) is 0 Å². The second-order valence-electron chi connectivity index (χ2n) is 2.29. The zero-order valence-electron chi connectivity index (χ0n) is 6.36. The van der Waals surface area contributed by atoms with Crippen LogP contribution in [-0.2, 0) is 17.9 Å². The zero-order chi connectivity index (χ0) is 8.27. The van der Waals surface area contributed by atoms with Crippen LogP contribution in [0.4, 0.5) is 0 Å². The monoisotopic (exact) mass is 154 g/mol. The number of rotatable bonds is 3. The molecule has 60 valence electrons. The minimum atomic E-state index is -1.07. The molecule has 0 unspecified atom stereocenters. The van der Waals surface area contributed by atoms with E-state index in [-0.39, 0.29) is 6.54 Å². The van der Waals surface area contributed by atoms with E-state index in [4.69, 9.17) is 0 Å². The van der Waals surface area contributed by atoms with Crippen LogP contribution >= 0.6 is 0 Å². The first-order valence-electron chi connectivity index (χ1n) is 3.47. The van der Waals surface area contributed by atoms with Gasteiger partial charge in [-0.25, -0.2) is 9.13 Å². The molecule has 0 atom stereocenters. The van der Waals surface area contributed by atoms with E-state index in [9.17, 15) is 9.90 Å². The van der Waals surface area contributed by atoms with E-state index in [2.05, 4.69) is 0 Å². The van der Waals surface area contributed by atoms with Crippen LogP contribution in [0.15, 0.2) is 18.7 Å². The molecule has 0 saturated heterocycles. The number of aromatic nitrogens is 2. The molecule has 0 aliphatic carbocycles. The molecule has 1 rings (SSSR count). The molecule has 0 bridgehead atoms. The topological polar surface area (TPSA) is 48.9 Å². The van der Waals surface area contributed by atoms with E-state index in [0.29, 0.717) is 0 Å². The summed E-state index contributed by atoms with van der Waals surface area (Å²) in [6.07, 6.45) is 5.26. The minimum absolute atomic E-state index is 0.0764. The molecule has 0 aliphatic rings. The molecule has 0 spiro atoms. The van der Waals surface area contributed by atoms with Gasteiger partial charge in [0.2, 0.25) is 6.33 Å². The average Bonchev–Trinajstić information content (AvgIpc) is 2.34. The van der Waals surface area contributed by atoms with Gasteiger partial charge in [-0.3, -0.25) is 0 Å². The highest BCUT2D eigenvalue weighted by atomic mass is 16.4. The SMILES string of the molecule is CC[n+]1ccn(CC(=O)[O-])c1. The summed E-state index contributed by atoms with van der Waals surface area (Å²) < 4.78 is 3.46. The third-order valence-corrected chi connectivity index (χ3v) is 1.42. The Balaban J connectivity index is 2.65. The van der Waals surface area contributed by atoms with Crippen LogP contribution in [0, 0.1) is 0 Å². The predicted octanol–water partition coefficient (Wildman–Crippen LogP) is -1.45. The first kappa shape index (κ1) is 7.78. The van der Waals surface area contributed by atoms with Gasteiger partial charge >= 0.3 is 0 Å². The van der Waals surface area contributed by atoms with Gasteiger partial charge in [0.1, 0.15) is 18.9 Å². The van der Waals surface area contributed by atoms with Crippen molar-refractivity contribution in [1.82, 2.24) is 4.57 Å². The maximum atomic E-state index is 10.1. The van der Waals surface area contributed by atoms with Crippen molar-refractivity contribution in [3.8, 4) is 0 Å². The number of carbonyl (C=O) groups excluding carboxylic acids is 1. The molecule has 0 N–H and O–H groups in total. The fraction of sp³-hybridized carbons (Fsp3) is 0.429. The third kappa shape index (κ3) is 2.07. The van der Waals surface area contributed by atoms with Crippen molar-refractivity contribution < 1.29 is 14.5 Å². The van der Waals surface area contributed by atoms with Gasteiger partial charge in [-0.05, 0) is 6.92 Å². The largest absolute Gasteiger partial charge is 0.546 e. The number of carboxylic acids is 1. The first-order valence-corrected chi connectivity index (χ1v) is 3.47. The lowest BCUT2D eigenvalue weighted by Gasteiger charge is -1.95. The lowest BCUT2D eigenvalue weighted by Crippen LogP contribution is -2.31. The standard InChI is InChI=1S/C7H10N2O2/c1-2-8-3-4-9(6-8)5-7(10)11/h3-4,6H,2,5H2,1H3. The Morgan fingerprint density at radius 3 is 2.91 bits per heavy atom. The van der Waals surface area contributed by atoms with Crippen LogP contribution < -0.4 is 9.67 Å². The number of aliphatic carboxylic acids is 1. The van der Waals surface area contributed by atoms with Gasteiger partial charge in [-0.15, -0.1) is 0 Å². The summed E-state index contributed by atoms with van der Waals surface area (Å²) in [7, 11) is 0. The quantitative estimate of drug-likeness (QED) is 0.500. The molecular weight excluding hydrogens is 144 g/mol. The summed E-state index contributed by atoms with van der Waals surface area (Å²) in [4.78, 5) is 10.1. The molecule has 0 saturated carbocycles. The summed E-state index contributed by atoms with van der Waals surface area (Å²) in [6.45, 7) is 2.76. The molecule has 0 fully saturated rings.